The lowest BCUT2D eigenvalue weighted by Gasteiger charge is -2.35. The minimum atomic E-state index is -0.421. The van der Waals surface area contributed by atoms with E-state index in [1.807, 2.05) is 51.1 Å². The number of rotatable bonds is 5. The van der Waals surface area contributed by atoms with Crippen LogP contribution in [0.5, 0.6) is 0 Å². The average molecular weight is 388 g/mol. The molecule has 1 fully saturated rings. The van der Waals surface area contributed by atoms with Crippen molar-refractivity contribution in [2.24, 2.45) is 0 Å². The van der Waals surface area contributed by atoms with Crippen LogP contribution in [-0.4, -0.2) is 59.4 Å². The van der Waals surface area contributed by atoms with E-state index in [1.165, 1.54) is 11.8 Å². The van der Waals surface area contributed by atoms with Gasteiger partial charge in [-0.2, -0.15) is 0 Å². The Balaban J connectivity index is 1.49. The maximum absolute atomic E-state index is 12.2. The molecule has 2 atom stereocenters. The highest BCUT2D eigenvalue weighted by Gasteiger charge is 2.26. The average Bonchev–Trinajstić information content (AvgIpc) is 2.63. The van der Waals surface area contributed by atoms with Crippen molar-refractivity contribution in [3.8, 4) is 0 Å². The molecule has 2 heterocycles. The number of para-hydroxylation sites is 1. The molecular formula is C20H24N2O4S. The Hall–Kier alpha value is -2.12. The van der Waals surface area contributed by atoms with Gasteiger partial charge in [-0.1, -0.05) is 30.0 Å². The maximum atomic E-state index is 12.2. The van der Waals surface area contributed by atoms with Crippen molar-refractivity contribution in [1.29, 1.82) is 0 Å². The van der Waals surface area contributed by atoms with E-state index in [0.717, 1.165) is 21.5 Å². The van der Waals surface area contributed by atoms with Crippen molar-refractivity contribution in [2.75, 3.05) is 25.4 Å². The number of ether oxygens (including phenoxy) is 2. The molecule has 0 N–H and O–H groups in total. The van der Waals surface area contributed by atoms with E-state index in [4.69, 9.17) is 9.47 Å². The molecule has 1 aromatic heterocycles. The summed E-state index contributed by atoms with van der Waals surface area (Å²) in [4.78, 5) is 30.5. The van der Waals surface area contributed by atoms with Crippen LogP contribution in [0, 0.1) is 6.92 Å². The second-order valence-electron chi connectivity index (χ2n) is 6.80. The van der Waals surface area contributed by atoms with Crippen LogP contribution in [0.25, 0.3) is 10.9 Å². The fraction of sp³-hybridized carbons (Fsp3) is 0.450. The molecule has 0 unspecified atom stereocenters. The van der Waals surface area contributed by atoms with E-state index >= 15 is 0 Å². The van der Waals surface area contributed by atoms with Gasteiger partial charge >= 0.3 is 5.97 Å². The lowest BCUT2D eigenvalue weighted by atomic mass is 10.1. The van der Waals surface area contributed by atoms with Crippen LogP contribution in [0.1, 0.15) is 19.4 Å². The summed E-state index contributed by atoms with van der Waals surface area (Å²) in [5, 5.41) is 1.87. The first-order chi connectivity index (χ1) is 12.9. The van der Waals surface area contributed by atoms with Crippen molar-refractivity contribution < 1.29 is 19.1 Å². The molecule has 1 amide bonds. The third kappa shape index (κ3) is 5.20. The molecule has 1 aliphatic rings. The van der Waals surface area contributed by atoms with Gasteiger partial charge in [0.15, 0.2) is 6.61 Å². The summed E-state index contributed by atoms with van der Waals surface area (Å²) >= 11 is 1.32. The number of pyridine rings is 1. The highest BCUT2D eigenvalue weighted by Crippen LogP contribution is 2.23. The number of hydrogen-bond acceptors (Lipinski definition) is 6. The van der Waals surface area contributed by atoms with Gasteiger partial charge in [0.05, 0.1) is 28.5 Å². The van der Waals surface area contributed by atoms with Crippen LogP contribution >= 0.6 is 11.8 Å². The van der Waals surface area contributed by atoms with Gasteiger partial charge in [-0.3, -0.25) is 9.59 Å². The molecule has 0 radical (unpaired) electrons. The Morgan fingerprint density at radius 1 is 1.26 bits per heavy atom. The van der Waals surface area contributed by atoms with Crippen molar-refractivity contribution >= 4 is 34.5 Å². The highest BCUT2D eigenvalue weighted by atomic mass is 32.2. The lowest BCUT2D eigenvalue weighted by molar-refractivity contribution is -0.155. The van der Waals surface area contributed by atoms with Crippen molar-refractivity contribution in [2.45, 2.75) is 38.0 Å². The number of aryl methyl sites for hydroxylation is 1. The molecule has 3 rings (SSSR count). The molecule has 1 aromatic carbocycles. The molecule has 0 spiro atoms. The molecule has 7 heteroatoms. The zero-order valence-electron chi connectivity index (χ0n) is 15.8. The van der Waals surface area contributed by atoms with Gasteiger partial charge in [0, 0.05) is 18.5 Å². The van der Waals surface area contributed by atoms with E-state index in [-0.39, 0.29) is 30.5 Å². The first-order valence-electron chi connectivity index (χ1n) is 9.00. The minimum absolute atomic E-state index is 0.00817. The Labute approximate surface area is 163 Å². The molecule has 1 aliphatic heterocycles. The number of hydrogen-bond donors (Lipinski definition) is 0. The molecule has 0 bridgehead atoms. The van der Waals surface area contributed by atoms with Gasteiger partial charge in [0.1, 0.15) is 0 Å². The Kier molecular flexibility index (Phi) is 6.34. The normalized spacial score (nSPS) is 19.9. The number of esters is 1. The molecule has 1 saturated heterocycles. The van der Waals surface area contributed by atoms with Crippen molar-refractivity contribution in [1.82, 2.24) is 9.88 Å². The van der Waals surface area contributed by atoms with Gasteiger partial charge < -0.3 is 14.4 Å². The summed E-state index contributed by atoms with van der Waals surface area (Å²) in [7, 11) is 0. The summed E-state index contributed by atoms with van der Waals surface area (Å²) in [6.45, 7) is 6.69. The second-order valence-corrected chi connectivity index (χ2v) is 7.80. The van der Waals surface area contributed by atoms with Crippen LogP contribution in [0.15, 0.2) is 35.4 Å². The van der Waals surface area contributed by atoms with E-state index in [1.54, 1.807) is 4.90 Å². The summed E-state index contributed by atoms with van der Waals surface area (Å²) in [6, 6.07) is 9.86. The number of amides is 1. The first kappa shape index (κ1) is 19.6. The predicted octanol–water partition coefficient (Wildman–Crippen LogP) is 2.81. The zero-order valence-corrected chi connectivity index (χ0v) is 16.6. The van der Waals surface area contributed by atoms with Gasteiger partial charge in [0.2, 0.25) is 0 Å². The van der Waals surface area contributed by atoms with Crippen LogP contribution in [0.3, 0.4) is 0 Å². The summed E-state index contributed by atoms with van der Waals surface area (Å²) < 4.78 is 10.8. The molecule has 6 nitrogen and oxygen atoms in total. The highest BCUT2D eigenvalue weighted by molar-refractivity contribution is 7.99. The molecule has 2 aromatic rings. The number of benzene rings is 1. The van der Waals surface area contributed by atoms with Gasteiger partial charge in [0.25, 0.3) is 5.91 Å². The predicted molar refractivity (Wildman–Crippen MR) is 105 cm³/mol. The van der Waals surface area contributed by atoms with Crippen LogP contribution < -0.4 is 0 Å². The standard InChI is InChI=1S/C20H24N2O4S/c1-13-8-18(21-17-7-5-4-6-16(13)17)27-12-20(24)25-11-19(23)22-9-14(2)26-15(3)10-22/h4-8,14-15H,9-12H2,1-3H3/t14-,15+. The number of aromatic nitrogens is 1. The molecule has 27 heavy (non-hydrogen) atoms. The maximum Gasteiger partial charge on any atom is 0.316 e. The minimum Gasteiger partial charge on any atom is -0.455 e. The lowest BCUT2D eigenvalue weighted by Crippen LogP contribution is -2.49. The Morgan fingerprint density at radius 3 is 2.70 bits per heavy atom. The Bertz CT molecular complexity index is 832. The van der Waals surface area contributed by atoms with E-state index in [2.05, 4.69) is 4.98 Å². The molecule has 0 saturated carbocycles. The quantitative estimate of drug-likeness (QED) is 0.580. The number of thioether (sulfide) groups is 1. The van der Waals surface area contributed by atoms with Gasteiger partial charge in [-0.15, -0.1) is 0 Å². The van der Waals surface area contributed by atoms with Gasteiger partial charge in [-0.05, 0) is 38.5 Å². The third-order valence-corrected chi connectivity index (χ3v) is 5.25. The summed E-state index contributed by atoms with van der Waals surface area (Å²) in [5.41, 5.74) is 2.02. The zero-order chi connectivity index (χ0) is 19.4. The Morgan fingerprint density at radius 2 is 1.96 bits per heavy atom. The van der Waals surface area contributed by atoms with E-state index in [0.29, 0.717) is 13.1 Å². The number of morpholine rings is 1. The van der Waals surface area contributed by atoms with Gasteiger partial charge in [-0.25, -0.2) is 4.98 Å². The van der Waals surface area contributed by atoms with Crippen molar-refractivity contribution in [3.05, 3.63) is 35.9 Å². The largest absolute Gasteiger partial charge is 0.455 e. The second kappa shape index (κ2) is 8.71. The smallest absolute Gasteiger partial charge is 0.316 e. The topological polar surface area (TPSA) is 68.7 Å². The third-order valence-electron chi connectivity index (χ3n) is 4.37. The van der Waals surface area contributed by atoms with Crippen LogP contribution in [-0.2, 0) is 19.1 Å². The monoisotopic (exact) mass is 388 g/mol. The van der Waals surface area contributed by atoms with E-state index < -0.39 is 5.97 Å². The summed E-state index contributed by atoms with van der Waals surface area (Å²) in [5.74, 6) is -0.487. The fourth-order valence-corrected chi connectivity index (χ4v) is 3.95. The molecule has 144 valence electrons. The first-order valence-corrected chi connectivity index (χ1v) is 9.99. The molecule has 0 aliphatic carbocycles. The number of carbonyl (C=O) groups excluding carboxylic acids is 2. The summed E-state index contributed by atoms with van der Waals surface area (Å²) in [6.07, 6.45) is -0.0163. The van der Waals surface area contributed by atoms with E-state index in [9.17, 15) is 9.59 Å². The SMILES string of the molecule is Cc1cc(SCC(=O)OCC(=O)N2C[C@@H](C)O[C@@H](C)C2)nc2ccccc12. The fourth-order valence-electron chi connectivity index (χ4n) is 3.18. The number of carbonyl (C=O) groups is 2. The van der Waals surface area contributed by atoms with Crippen LogP contribution in [0.4, 0.5) is 0 Å². The van der Waals surface area contributed by atoms with Crippen LogP contribution in [0.2, 0.25) is 0 Å². The number of fused-ring (bicyclic) bond motifs is 1. The van der Waals surface area contributed by atoms with Crippen molar-refractivity contribution in [3.63, 3.8) is 0 Å². The molecular weight excluding hydrogens is 364 g/mol. The number of nitrogens with zero attached hydrogens (tertiary/aromatic N) is 2.